The van der Waals surface area contributed by atoms with Gasteiger partial charge in [0, 0.05) is 47.9 Å². The van der Waals surface area contributed by atoms with Gasteiger partial charge < -0.3 is 35.6 Å². The number of nitrogens with two attached hydrogens (primary N) is 1. The molecule has 0 saturated carbocycles. The van der Waals surface area contributed by atoms with E-state index in [-0.39, 0.29) is 58.1 Å². The smallest absolute Gasteiger partial charge is 0.201 e. The van der Waals surface area contributed by atoms with E-state index in [0.29, 0.717) is 36.0 Å². The number of benzene rings is 2. The maximum atomic E-state index is 13.3. The summed E-state index contributed by atoms with van der Waals surface area (Å²) in [7, 11) is 2.37. The molecule has 0 amide bonds. The Hall–Kier alpha value is -3.75. The average molecular weight is 632 g/mol. The first-order valence-corrected chi connectivity index (χ1v) is 15.2. The highest BCUT2D eigenvalue weighted by Gasteiger charge is 2.33. The molecule has 1 heterocycles. The fourth-order valence-corrected chi connectivity index (χ4v) is 5.01. The van der Waals surface area contributed by atoms with Gasteiger partial charge in [0.05, 0.1) is 24.3 Å². The van der Waals surface area contributed by atoms with E-state index in [1.165, 1.54) is 26.2 Å². The van der Waals surface area contributed by atoms with Crippen LogP contribution in [-0.2, 0) is 22.4 Å². The SMILES string of the molecule is C#C.CC.CC.CC1CC(N)CCO1.CO.COc1cccc(C=O)c1C(=O)c1c(C)c(O)c2c(c1O)CCC(C(=O)CO)C2. The van der Waals surface area contributed by atoms with Crippen molar-refractivity contribution in [2.24, 2.45) is 11.7 Å². The Labute approximate surface area is 268 Å². The lowest BCUT2D eigenvalue weighted by atomic mass is 9.78. The number of Topliss-reactive ketones (excluding diaryl/α,β-unsaturated/α-hetero) is 1. The minimum atomic E-state index is -0.633. The molecule has 0 radical (unpaired) electrons. The Morgan fingerprint density at radius 3 is 2.11 bits per heavy atom. The van der Waals surface area contributed by atoms with E-state index in [0.717, 1.165) is 26.6 Å². The van der Waals surface area contributed by atoms with E-state index in [1.54, 1.807) is 6.07 Å². The van der Waals surface area contributed by atoms with Crippen molar-refractivity contribution in [3.8, 4) is 30.1 Å². The van der Waals surface area contributed by atoms with Crippen LogP contribution in [0.5, 0.6) is 17.2 Å². The van der Waals surface area contributed by atoms with Crippen LogP contribution in [0.3, 0.4) is 0 Å². The summed E-state index contributed by atoms with van der Waals surface area (Å²) in [5.41, 5.74) is 6.63. The van der Waals surface area contributed by atoms with Crippen LogP contribution in [0.25, 0.3) is 0 Å². The summed E-state index contributed by atoms with van der Waals surface area (Å²) in [6, 6.07) is 4.97. The molecule has 1 aliphatic heterocycles. The summed E-state index contributed by atoms with van der Waals surface area (Å²) in [5, 5.41) is 37.7. The highest BCUT2D eigenvalue weighted by Crippen LogP contribution is 2.44. The molecule has 2 aliphatic rings. The zero-order valence-electron chi connectivity index (χ0n) is 28.1. The summed E-state index contributed by atoms with van der Waals surface area (Å²) in [6.45, 7) is 11.8. The van der Waals surface area contributed by atoms with Crippen molar-refractivity contribution in [3.05, 3.63) is 51.6 Å². The minimum Gasteiger partial charge on any atom is -0.507 e. The summed E-state index contributed by atoms with van der Waals surface area (Å²) in [5.74, 6) is -1.65. The number of methoxy groups -OCH3 is 1. The Bertz CT molecular complexity index is 1220. The number of phenolic OH excluding ortho intramolecular Hbond substituents is 2. The molecule has 1 aliphatic carbocycles. The monoisotopic (exact) mass is 631 g/mol. The van der Waals surface area contributed by atoms with Crippen LogP contribution in [0.4, 0.5) is 0 Å². The van der Waals surface area contributed by atoms with E-state index in [4.69, 9.17) is 25.4 Å². The number of ether oxygens (including phenoxy) is 2. The summed E-state index contributed by atoms with van der Waals surface area (Å²) in [4.78, 5) is 36.6. The third kappa shape index (κ3) is 11.6. The van der Waals surface area contributed by atoms with Crippen molar-refractivity contribution in [2.45, 2.75) is 85.8 Å². The molecule has 0 spiro atoms. The number of aromatic hydroxyl groups is 2. The van der Waals surface area contributed by atoms with E-state index < -0.39 is 18.3 Å². The van der Waals surface area contributed by atoms with Crippen LogP contribution in [0, 0.1) is 25.7 Å². The predicted octanol–water partition coefficient (Wildman–Crippen LogP) is 4.55. The van der Waals surface area contributed by atoms with Crippen LogP contribution in [0.1, 0.15) is 96.9 Å². The van der Waals surface area contributed by atoms with Gasteiger partial charge in [-0.15, -0.1) is 12.8 Å². The first-order chi connectivity index (χ1) is 21.6. The molecule has 4 rings (SSSR count). The second-order valence-electron chi connectivity index (χ2n) is 9.56. The maximum Gasteiger partial charge on any atom is 0.201 e. The summed E-state index contributed by atoms with van der Waals surface area (Å²) in [6.07, 6.45) is 11.8. The Kier molecular flexibility index (Phi) is 22.8. The van der Waals surface area contributed by atoms with Crippen LogP contribution in [-0.4, -0.2) is 77.9 Å². The number of ketones is 2. The van der Waals surface area contributed by atoms with Crippen LogP contribution in [0.2, 0.25) is 0 Å². The topological polar surface area (TPSA) is 177 Å². The molecular weight excluding hydrogens is 578 g/mol. The van der Waals surface area contributed by atoms with E-state index in [1.807, 2.05) is 27.7 Å². The van der Waals surface area contributed by atoms with Crippen LogP contribution in [0.15, 0.2) is 18.2 Å². The first kappa shape index (κ1) is 43.4. The number of terminal acetylenes is 1. The molecular formula is C35H53NO9. The molecule has 10 nitrogen and oxygen atoms in total. The van der Waals surface area contributed by atoms with Crippen molar-refractivity contribution < 1.29 is 44.3 Å². The Morgan fingerprint density at radius 2 is 1.64 bits per heavy atom. The standard InChI is InChI=1S/C22H22O7.C6H13NO.2C2H6.C2H2.CH4O/c1-11-18(22(28)19-13(9-23)4-3-5-17(19)29-2)21(27)14-7-6-12(16(25)10-24)8-15(14)20(11)26;1-5-4-6(7)2-3-8-5;4*1-2/h3-5,9,12,24,26-27H,6-8,10H2,1-2H3;5-6H,2-4,7H2,1H3;2*1-2H3;1-2H;2H,1H3. The fourth-order valence-electron chi connectivity index (χ4n) is 5.01. The maximum absolute atomic E-state index is 13.3. The van der Waals surface area contributed by atoms with Gasteiger partial charge >= 0.3 is 0 Å². The van der Waals surface area contributed by atoms with Crippen molar-refractivity contribution in [2.75, 3.05) is 27.4 Å². The Morgan fingerprint density at radius 1 is 1.04 bits per heavy atom. The number of aliphatic hydroxyl groups excluding tert-OH is 2. The lowest BCUT2D eigenvalue weighted by Crippen LogP contribution is -2.32. The number of carbonyl (C=O) groups is 3. The quantitative estimate of drug-likeness (QED) is 0.132. The molecule has 0 bridgehead atoms. The molecule has 0 aromatic heterocycles. The van der Waals surface area contributed by atoms with Gasteiger partial charge in [-0.05, 0) is 52.0 Å². The summed E-state index contributed by atoms with van der Waals surface area (Å²) >= 11 is 0. The molecule has 252 valence electrons. The number of hydrogen-bond donors (Lipinski definition) is 5. The van der Waals surface area contributed by atoms with Crippen molar-refractivity contribution in [1.29, 1.82) is 0 Å². The van der Waals surface area contributed by atoms with Gasteiger partial charge in [-0.1, -0.05) is 39.8 Å². The number of rotatable bonds is 6. The molecule has 3 atom stereocenters. The van der Waals surface area contributed by atoms with Gasteiger partial charge in [-0.25, -0.2) is 0 Å². The summed E-state index contributed by atoms with van der Waals surface area (Å²) < 4.78 is 10.5. The van der Waals surface area contributed by atoms with Crippen LogP contribution < -0.4 is 10.5 Å². The van der Waals surface area contributed by atoms with Gasteiger partial charge in [-0.3, -0.25) is 14.4 Å². The zero-order valence-corrected chi connectivity index (χ0v) is 28.1. The zero-order chi connectivity index (χ0) is 35.3. The van der Waals surface area contributed by atoms with E-state index in [9.17, 15) is 24.6 Å². The number of hydrogen-bond acceptors (Lipinski definition) is 10. The van der Waals surface area contributed by atoms with E-state index >= 15 is 0 Å². The minimum absolute atomic E-state index is 0.00638. The third-order valence-electron chi connectivity index (χ3n) is 7.09. The van der Waals surface area contributed by atoms with Crippen molar-refractivity contribution in [3.63, 3.8) is 0 Å². The lowest BCUT2D eigenvalue weighted by Gasteiger charge is -2.27. The molecule has 45 heavy (non-hydrogen) atoms. The first-order valence-electron chi connectivity index (χ1n) is 15.2. The normalized spacial score (nSPS) is 17.5. The second kappa shape index (κ2) is 23.6. The highest BCUT2D eigenvalue weighted by atomic mass is 16.5. The highest BCUT2D eigenvalue weighted by molar-refractivity contribution is 6.17. The van der Waals surface area contributed by atoms with Crippen molar-refractivity contribution in [1.82, 2.24) is 0 Å². The van der Waals surface area contributed by atoms with E-state index in [2.05, 4.69) is 19.8 Å². The number of aldehydes is 1. The number of fused-ring (bicyclic) bond motifs is 1. The molecule has 2 aromatic rings. The van der Waals surface area contributed by atoms with Gasteiger partial charge in [-0.2, -0.15) is 0 Å². The second-order valence-corrected chi connectivity index (χ2v) is 9.56. The molecule has 1 fully saturated rings. The number of carbonyl (C=O) groups excluding carboxylic acids is 3. The van der Waals surface area contributed by atoms with Gasteiger partial charge in [0.1, 0.15) is 23.9 Å². The molecule has 1 saturated heterocycles. The number of aliphatic hydroxyl groups is 2. The largest absolute Gasteiger partial charge is 0.507 e. The van der Waals surface area contributed by atoms with Crippen molar-refractivity contribution >= 4 is 17.9 Å². The average Bonchev–Trinajstić information content (AvgIpc) is 3.09. The Balaban J connectivity index is 0. The number of phenols is 2. The third-order valence-corrected chi connectivity index (χ3v) is 7.09. The molecule has 6 N–H and O–H groups in total. The molecule has 10 heteroatoms. The predicted molar refractivity (Wildman–Crippen MR) is 177 cm³/mol. The molecule has 2 aromatic carbocycles. The molecule has 3 unspecified atom stereocenters. The van der Waals surface area contributed by atoms with Gasteiger partial charge in [0.2, 0.25) is 5.78 Å². The van der Waals surface area contributed by atoms with Gasteiger partial charge in [0.15, 0.2) is 12.1 Å². The van der Waals surface area contributed by atoms with Gasteiger partial charge in [0.25, 0.3) is 0 Å². The lowest BCUT2D eigenvalue weighted by molar-refractivity contribution is -0.126. The fraction of sp³-hybridized carbons (Fsp3) is 0.514. The van der Waals surface area contributed by atoms with Crippen LogP contribution >= 0.6 is 0 Å².